The molecule has 2 heterocycles. The second-order valence-corrected chi connectivity index (χ2v) is 6.38. The number of rotatable bonds is 5. The summed E-state index contributed by atoms with van der Waals surface area (Å²) in [6.45, 7) is 0. The molecular formula is C23H18N4O2. The van der Waals surface area contributed by atoms with Gasteiger partial charge in [0, 0.05) is 12.3 Å². The Morgan fingerprint density at radius 2 is 1.52 bits per heavy atom. The van der Waals surface area contributed by atoms with E-state index in [4.69, 9.17) is 0 Å². The van der Waals surface area contributed by atoms with E-state index in [2.05, 4.69) is 15.4 Å². The summed E-state index contributed by atoms with van der Waals surface area (Å²) in [5.41, 5.74) is 2.04. The number of pyridine rings is 1. The van der Waals surface area contributed by atoms with Crippen LogP contribution in [0.1, 0.15) is 27.8 Å². The predicted molar refractivity (Wildman–Crippen MR) is 110 cm³/mol. The molecule has 4 aromatic rings. The summed E-state index contributed by atoms with van der Waals surface area (Å²) in [5, 5.41) is 7.24. The zero-order valence-corrected chi connectivity index (χ0v) is 15.5. The lowest BCUT2D eigenvalue weighted by atomic mass is 10.0. The molecule has 0 saturated carbocycles. The van der Waals surface area contributed by atoms with E-state index >= 15 is 0 Å². The zero-order chi connectivity index (χ0) is 20.1. The van der Waals surface area contributed by atoms with E-state index in [0.717, 1.165) is 5.56 Å². The van der Waals surface area contributed by atoms with E-state index in [-0.39, 0.29) is 11.3 Å². The highest BCUT2D eigenvalue weighted by molar-refractivity contribution is 5.92. The predicted octanol–water partition coefficient (Wildman–Crippen LogP) is 3.15. The molecule has 0 bridgehead atoms. The highest BCUT2D eigenvalue weighted by Crippen LogP contribution is 2.20. The van der Waals surface area contributed by atoms with Crippen LogP contribution in [0.5, 0.6) is 0 Å². The van der Waals surface area contributed by atoms with E-state index in [1.807, 2.05) is 66.7 Å². The number of aromatic nitrogens is 3. The van der Waals surface area contributed by atoms with Gasteiger partial charge in [-0.15, -0.1) is 0 Å². The number of hydrogen-bond donors (Lipinski definition) is 1. The number of amides is 1. The molecule has 6 nitrogen and oxygen atoms in total. The molecule has 0 spiro atoms. The lowest BCUT2D eigenvalue weighted by molar-refractivity contribution is 0.0935. The summed E-state index contributed by atoms with van der Waals surface area (Å²) in [5.74, 6) is -0.394. The Morgan fingerprint density at radius 3 is 2.21 bits per heavy atom. The smallest absolute Gasteiger partial charge is 0.272 e. The van der Waals surface area contributed by atoms with Crippen LogP contribution in [0.4, 0.5) is 0 Å². The molecule has 0 fully saturated rings. The van der Waals surface area contributed by atoms with Crippen molar-refractivity contribution in [2.24, 2.45) is 0 Å². The average molecular weight is 382 g/mol. The van der Waals surface area contributed by atoms with Gasteiger partial charge in [-0.25, -0.2) is 0 Å². The maximum absolute atomic E-state index is 13.0. The molecule has 142 valence electrons. The van der Waals surface area contributed by atoms with Crippen molar-refractivity contribution in [1.82, 2.24) is 20.1 Å². The summed E-state index contributed by atoms with van der Waals surface area (Å²) < 4.78 is 1.22. The van der Waals surface area contributed by atoms with Gasteiger partial charge in [-0.2, -0.15) is 9.78 Å². The molecule has 0 aliphatic heterocycles. The third-order valence-corrected chi connectivity index (χ3v) is 4.43. The van der Waals surface area contributed by atoms with Crippen molar-refractivity contribution in [1.29, 1.82) is 0 Å². The lowest BCUT2D eigenvalue weighted by Crippen LogP contribution is -2.32. The quantitative estimate of drug-likeness (QED) is 0.575. The van der Waals surface area contributed by atoms with Gasteiger partial charge in [0.15, 0.2) is 0 Å². The minimum absolute atomic E-state index is 0.144. The minimum atomic E-state index is -0.441. The highest BCUT2D eigenvalue weighted by Gasteiger charge is 2.20. The highest BCUT2D eigenvalue weighted by atomic mass is 16.2. The van der Waals surface area contributed by atoms with E-state index in [1.54, 1.807) is 18.3 Å². The van der Waals surface area contributed by atoms with Gasteiger partial charge in [-0.3, -0.25) is 14.6 Å². The fourth-order valence-corrected chi connectivity index (χ4v) is 3.01. The van der Waals surface area contributed by atoms with Gasteiger partial charge in [0.1, 0.15) is 5.69 Å². The van der Waals surface area contributed by atoms with Crippen molar-refractivity contribution in [3.63, 3.8) is 0 Å². The maximum atomic E-state index is 13.0. The fraction of sp³-hybridized carbons (Fsp3) is 0.0435. The molecule has 29 heavy (non-hydrogen) atoms. The first kappa shape index (κ1) is 18.3. The van der Waals surface area contributed by atoms with Gasteiger partial charge >= 0.3 is 0 Å². The van der Waals surface area contributed by atoms with Crippen molar-refractivity contribution in [2.75, 3.05) is 0 Å². The summed E-state index contributed by atoms with van der Waals surface area (Å²) in [6, 6.07) is 26.5. The second-order valence-electron chi connectivity index (χ2n) is 6.38. The second kappa shape index (κ2) is 8.31. The van der Waals surface area contributed by atoms with E-state index < -0.39 is 11.9 Å². The van der Waals surface area contributed by atoms with Crippen molar-refractivity contribution >= 4 is 5.91 Å². The zero-order valence-electron chi connectivity index (χ0n) is 15.5. The van der Waals surface area contributed by atoms with E-state index in [0.29, 0.717) is 11.4 Å². The monoisotopic (exact) mass is 382 g/mol. The summed E-state index contributed by atoms with van der Waals surface area (Å²) in [6.07, 6.45) is 1.69. The number of benzene rings is 2. The SMILES string of the molecule is O=C(NC(c1ccccc1)c1ccccn1)c1ccc(=O)n(-c2ccccc2)n1. The van der Waals surface area contributed by atoms with Gasteiger partial charge < -0.3 is 5.32 Å². The number of hydrogen-bond acceptors (Lipinski definition) is 4. The third kappa shape index (κ3) is 4.11. The molecule has 1 unspecified atom stereocenters. The summed E-state index contributed by atoms with van der Waals surface area (Å²) >= 11 is 0. The molecule has 0 aliphatic carbocycles. The van der Waals surface area contributed by atoms with E-state index in [1.165, 1.54) is 16.8 Å². The molecule has 0 radical (unpaired) electrons. The molecule has 1 N–H and O–H groups in total. The average Bonchev–Trinajstić information content (AvgIpc) is 2.79. The Bertz CT molecular complexity index is 1120. The Labute approximate surface area is 167 Å². The van der Waals surface area contributed by atoms with Gasteiger partial charge in [-0.05, 0) is 35.9 Å². The van der Waals surface area contributed by atoms with Gasteiger partial charge in [0.2, 0.25) is 0 Å². The van der Waals surface area contributed by atoms with Crippen LogP contribution < -0.4 is 10.9 Å². The van der Waals surface area contributed by atoms with Crippen LogP contribution in [0.15, 0.2) is 102 Å². The standard InChI is InChI=1S/C23H18N4O2/c28-21-15-14-20(26-27(21)18-11-5-2-6-12-18)23(29)25-22(17-9-3-1-4-10-17)19-13-7-8-16-24-19/h1-16,22H,(H,25,29). The summed E-state index contributed by atoms with van der Waals surface area (Å²) in [4.78, 5) is 29.6. The first-order valence-corrected chi connectivity index (χ1v) is 9.15. The number of nitrogens with one attached hydrogen (secondary N) is 1. The normalized spacial score (nSPS) is 11.6. The number of nitrogens with zero attached hydrogens (tertiary/aromatic N) is 3. The minimum Gasteiger partial charge on any atom is -0.338 e. The van der Waals surface area contributed by atoms with Crippen LogP contribution in [0.3, 0.4) is 0 Å². The molecular weight excluding hydrogens is 364 g/mol. The molecule has 2 aromatic carbocycles. The Hall–Kier alpha value is -4.06. The molecule has 1 atom stereocenters. The lowest BCUT2D eigenvalue weighted by Gasteiger charge is -2.19. The first-order chi connectivity index (χ1) is 14.2. The van der Waals surface area contributed by atoms with Crippen LogP contribution in [0.2, 0.25) is 0 Å². The van der Waals surface area contributed by atoms with Gasteiger partial charge in [0.25, 0.3) is 11.5 Å². The van der Waals surface area contributed by atoms with Crippen LogP contribution >= 0.6 is 0 Å². The first-order valence-electron chi connectivity index (χ1n) is 9.15. The van der Waals surface area contributed by atoms with Gasteiger partial charge in [-0.1, -0.05) is 54.6 Å². The number of para-hydroxylation sites is 1. The Balaban J connectivity index is 1.68. The van der Waals surface area contributed by atoms with Crippen molar-refractivity contribution in [3.05, 3.63) is 124 Å². The summed E-state index contributed by atoms with van der Waals surface area (Å²) in [7, 11) is 0. The molecule has 6 heteroatoms. The molecule has 4 rings (SSSR count). The molecule has 0 saturated heterocycles. The number of carbonyl (C=O) groups is 1. The topological polar surface area (TPSA) is 76.9 Å². The van der Waals surface area contributed by atoms with Crippen molar-refractivity contribution in [2.45, 2.75) is 6.04 Å². The van der Waals surface area contributed by atoms with E-state index in [9.17, 15) is 9.59 Å². The van der Waals surface area contributed by atoms with Gasteiger partial charge in [0.05, 0.1) is 17.4 Å². The van der Waals surface area contributed by atoms with Crippen molar-refractivity contribution < 1.29 is 4.79 Å². The van der Waals surface area contributed by atoms with Crippen LogP contribution in [0, 0.1) is 0 Å². The van der Waals surface area contributed by atoms with Crippen molar-refractivity contribution in [3.8, 4) is 5.69 Å². The molecule has 1 amide bonds. The Kier molecular flexibility index (Phi) is 5.25. The van der Waals surface area contributed by atoms with Crippen LogP contribution in [-0.2, 0) is 0 Å². The van der Waals surface area contributed by atoms with Crippen LogP contribution in [0.25, 0.3) is 5.69 Å². The maximum Gasteiger partial charge on any atom is 0.272 e. The van der Waals surface area contributed by atoms with Crippen LogP contribution in [-0.4, -0.2) is 20.7 Å². The molecule has 0 aliphatic rings. The third-order valence-electron chi connectivity index (χ3n) is 4.43. The number of carbonyl (C=O) groups excluding carboxylic acids is 1. The molecule has 2 aromatic heterocycles. The Morgan fingerprint density at radius 1 is 0.828 bits per heavy atom. The fourth-order valence-electron chi connectivity index (χ4n) is 3.01. The largest absolute Gasteiger partial charge is 0.338 e.